The number of aromatic nitrogens is 2. The van der Waals surface area contributed by atoms with E-state index in [1.807, 2.05) is 30.1 Å². The molecule has 170 valence electrons. The Kier molecular flexibility index (Phi) is 6.67. The van der Waals surface area contributed by atoms with Gasteiger partial charge in [-0.25, -0.2) is 14.4 Å². The number of hydrogen-bond donors (Lipinski definition) is 1. The standard InChI is InChI=1S/C24H30FN5O2/c1-29(2)24-26-15-20(16-3-5-18(25)6-4-16)23(28-24)17-11-13-30(14-12-17)22(32)10-8-19-7-9-21(31)27-19/h3-6,15,17,19H,7-14H2,1-2H3,(H,27,31)/t19-/m0/s1. The van der Waals surface area contributed by atoms with Crippen LogP contribution in [0.15, 0.2) is 30.5 Å². The van der Waals surface area contributed by atoms with Crippen LogP contribution in [0.2, 0.25) is 0 Å². The molecule has 2 aromatic rings. The lowest BCUT2D eigenvalue weighted by Gasteiger charge is -2.33. The van der Waals surface area contributed by atoms with Gasteiger partial charge in [0.2, 0.25) is 17.8 Å². The molecule has 0 radical (unpaired) electrons. The summed E-state index contributed by atoms with van der Waals surface area (Å²) in [4.78, 5) is 37.1. The maximum atomic E-state index is 13.4. The van der Waals surface area contributed by atoms with Gasteiger partial charge >= 0.3 is 0 Å². The highest BCUT2D eigenvalue weighted by atomic mass is 19.1. The number of piperidine rings is 1. The van der Waals surface area contributed by atoms with Crippen molar-refractivity contribution >= 4 is 17.8 Å². The molecule has 0 unspecified atom stereocenters. The van der Waals surface area contributed by atoms with Crippen LogP contribution in [0.3, 0.4) is 0 Å². The van der Waals surface area contributed by atoms with Gasteiger partial charge in [-0.3, -0.25) is 9.59 Å². The molecular formula is C24H30FN5O2. The van der Waals surface area contributed by atoms with Crippen LogP contribution in [0.4, 0.5) is 10.3 Å². The molecule has 2 fully saturated rings. The maximum absolute atomic E-state index is 13.4. The number of benzene rings is 1. The minimum absolute atomic E-state index is 0.0853. The summed E-state index contributed by atoms with van der Waals surface area (Å²) in [5.41, 5.74) is 2.76. The molecule has 7 nitrogen and oxygen atoms in total. The average Bonchev–Trinajstić information content (AvgIpc) is 3.23. The van der Waals surface area contributed by atoms with E-state index in [1.54, 1.807) is 12.1 Å². The zero-order chi connectivity index (χ0) is 22.7. The van der Waals surface area contributed by atoms with Crippen molar-refractivity contribution in [2.45, 2.75) is 50.5 Å². The summed E-state index contributed by atoms with van der Waals surface area (Å²) in [6.45, 7) is 1.37. The van der Waals surface area contributed by atoms with Gasteiger partial charge in [-0.2, -0.15) is 0 Å². The van der Waals surface area contributed by atoms with Gasteiger partial charge in [-0.15, -0.1) is 0 Å². The topological polar surface area (TPSA) is 78.4 Å². The van der Waals surface area contributed by atoms with Crippen molar-refractivity contribution < 1.29 is 14.0 Å². The molecule has 0 spiro atoms. The van der Waals surface area contributed by atoms with Gasteiger partial charge in [-0.1, -0.05) is 12.1 Å². The molecule has 32 heavy (non-hydrogen) atoms. The predicted molar refractivity (Wildman–Crippen MR) is 121 cm³/mol. The lowest BCUT2D eigenvalue weighted by atomic mass is 9.88. The van der Waals surface area contributed by atoms with E-state index in [9.17, 15) is 14.0 Å². The van der Waals surface area contributed by atoms with Crippen LogP contribution in [0.5, 0.6) is 0 Å². The van der Waals surface area contributed by atoms with Crippen LogP contribution >= 0.6 is 0 Å². The van der Waals surface area contributed by atoms with Gasteiger partial charge in [0, 0.05) is 63.7 Å². The minimum atomic E-state index is -0.273. The van der Waals surface area contributed by atoms with E-state index in [-0.39, 0.29) is 29.6 Å². The number of halogens is 1. The second kappa shape index (κ2) is 9.63. The van der Waals surface area contributed by atoms with Crippen LogP contribution in [-0.4, -0.2) is 59.9 Å². The Bertz CT molecular complexity index is 971. The normalized spacial score (nSPS) is 19.2. The Hall–Kier alpha value is -3.03. The number of rotatable bonds is 6. The summed E-state index contributed by atoms with van der Waals surface area (Å²) in [5, 5.41) is 2.93. The van der Waals surface area contributed by atoms with E-state index in [4.69, 9.17) is 4.98 Å². The second-order valence-corrected chi connectivity index (χ2v) is 8.87. The fourth-order valence-electron chi connectivity index (χ4n) is 4.52. The molecule has 4 rings (SSSR count). The van der Waals surface area contributed by atoms with Gasteiger partial charge < -0.3 is 15.1 Å². The Morgan fingerprint density at radius 3 is 2.53 bits per heavy atom. The molecule has 1 atom stereocenters. The Morgan fingerprint density at radius 1 is 1.19 bits per heavy atom. The van der Waals surface area contributed by atoms with E-state index in [0.717, 1.165) is 36.1 Å². The number of anilines is 1. The number of hydrogen-bond acceptors (Lipinski definition) is 5. The number of nitrogens with one attached hydrogen (secondary N) is 1. The fourth-order valence-corrected chi connectivity index (χ4v) is 4.52. The molecule has 3 heterocycles. The molecule has 0 aliphatic carbocycles. The zero-order valence-electron chi connectivity index (χ0n) is 18.7. The van der Waals surface area contributed by atoms with Crippen LogP contribution in [0, 0.1) is 5.82 Å². The summed E-state index contributed by atoms with van der Waals surface area (Å²) in [6, 6.07) is 6.55. The summed E-state index contributed by atoms with van der Waals surface area (Å²) in [6.07, 6.45) is 6.02. The Labute approximate surface area is 188 Å². The largest absolute Gasteiger partial charge is 0.353 e. The van der Waals surface area contributed by atoms with Crippen molar-refractivity contribution in [3.05, 3.63) is 42.0 Å². The molecule has 8 heteroatoms. The molecule has 2 amide bonds. The molecule has 1 aromatic carbocycles. The summed E-state index contributed by atoms with van der Waals surface area (Å²) in [7, 11) is 3.81. The van der Waals surface area contributed by atoms with Gasteiger partial charge in [0.15, 0.2) is 0 Å². The monoisotopic (exact) mass is 439 g/mol. The lowest BCUT2D eigenvalue weighted by Crippen LogP contribution is -2.39. The second-order valence-electron chi connectivity index (χ2n) is 8.87. The summed E-state index contributed by atoms with van der Waals surface area (Å²) in [5.74, 6) is 0.810. The van der Waals surface area contributed by atoms with Crippen molar-refractivity contribution in [3.63, 3.8) is 0 Å². The Balaban J connectivity index is 1.44. The first-order valence-electron chi connectivity index (χ1n) is 11.3. The van der Waals surface area contributed by atoms with Crippen LogP contribution < -0.4 is 10.2 Å². The van der Waals surface area contributed by atoms with Crippen molar-refractivity contribution in [3.8, 4) is 11.1 Å². The van der Waals surface area contributed by atoms with Crippen LogP contribution in [0.1, 0.15) is 50.1 Å². The SMILES string of the molecule is CN(C)c1ncc(-c2ccc(F)cc2)c(C2CCN(C(=O)CC[C@@H]3CCC(=O)N3)CC2)n1. The van der Waals surface area contributed by atoms with E-state index >= 15 is 0 Å². The van der Waals surface area contributed by atoms with E-state index in [0.29, 0.717) is 38.3 Å². The van der Waals surface area contributed by atoms with Crippen molar-refractivity contribution in [1.82, 2.24) is 20.2 Å². The first-order chi connectivity index (χ1) is 15.4. The van der Waals surface area contributed by atoms with Crippen molar-refractivity contribution in [1.29, 1.82) is 0 Å². The van der Waals surface area contributed by atoms with E-state index < -0.39 is 0 Å². The Morgan fingerprint density at radius 2 is 1.91 bits per heavy atom. The highest BCUT2D eigenvalue weighted by molar-refractivity contribution is 5.79. The highest BCUT2D eigenvalue weighted by Gasteiger charge is 2.28. The number of amides is 2. The molecule has 1 aromatic heterocycles. The molecule has 0 bridgehead atoms. The molecule has 1 N–H and O–H groups in total. The molecule has 2 aliphatic rings. The van der Waals surface area contributed by atoms with Gasteiger partial charge in [-0.05, 0) is 43.4 Å². The van der Waals surface area contributed by atoms with Gasteiger partial charge in [0.1, 0.15) is 5.82 Å². The number of nitrogens with zero attached hydrogens (tertiary/aromatic N) is 4. The van der Waals surface area contributed by atoms with Crippen LogP contribution in [0.25, 0.3) is 11.1 Å². The number of likely N-dealkylation sites (tertiary alicyclic amines) is 1. The average molecular weight is 440 g/mol. The minimum Gasteiger partial charge on any atom is -0.353 e. The molecule has 0 saturated carbocycles. The van der Waals surface area contributed by atoms with Gasteiger partial charge in [0.25, 0.3) is 0 Å². The predicted octanol–water partition coefficient (Wildman–Crippen LogP) is 3.11. The molecule has 2 saturated heterocycles. The lowest BCUT2D eigenvalue weighted by molar-refractivity contribution is -0.132. The summed E-state index contributed by atoms with van der Waals surface area (Å²) >= 11 is 0. The first-order valence-corrected chi connectivity index (χ1v) is 11.3. The molecular weight excluding hydrogens is 409 g/mol. The molecule has 2 aliphatic heterocycles. The summed E-state index contributed by atoms with van der Waals surface area (Å²) < 4.78 is 13.4. The van der Waals surface area contributed by atoms with Crippen LogP contribution in [-0.2, 0) is 9.59 Å². The maximum Gasteiger partial charge on any atom is 0.225 e. The quantitative estimate of drug-likeness (QED) is 0.748. The van der Waals surface area contributed by atoms with Crippen molar-refractivity contribution in [2.75, 3.05) is 32.1 Å². The zero-order valence-corrected chi connectivity index (χ0v) is 18.7. The van der Waals surface area contributed by atoms with Gasteiger partial charge in [0.05, 0.1) is 5.69 Å². The first kappa shape index (κ1) is 22.2. The number of carbonyl (C=O) groups excluding carboxylic acids is 2. The fraction of sp³-hybridized carbons (Fsp3) is 0.500. The number of carbonyl (C=O) groups is 2. The third-order valence-electron chi connectivity index (χ3n) is 6.39. The highest BCUT2D eigenvalue weighted by Crippen LogP contribution is 2.35. The van der Waals surface area contributed by atoms with E-state index in [2.05, 4.69) is 10.3 Å². The third kappa shape index (κ3) is 5.06. The van der Waals surface area contributed by atoms with E-state index in [1.165, 1.54) is 12.1 Å². The van der Waals surface area contributed by atoms with Crippen molar-refractivity contribution in [2.24, 2.45) is 0 Å². The third-order valence-corrected chi connectivity index (χ3v) is 6.39. The smallest absolute Gasteiger partial charge is 0.225 e.